The smallest absolute Gasteiger partial charge is 0.101 e. The van der Waals surface area contributed by atoms with Crippen molar-refractivity contribution < 1.29 is 4.39 Å². The molecule has 62 valence electrons. The van der Waals surface area contributed by atoms with Crippen LogP contribution in [0.4, 0.5) is 4.39 Å². The maximum Gasteiger partial charge on any atom is 0.101 e. The second kappa shape index (κ2) is 4.14. The average molecular weight is 168 g/mol. The van der Waals surface area contributed by atoms with Gasteiger partial charge in [-0.15, -0.1) is 12.4 Å². The molecule has 1 aliphatic carbocycles. The van der Waals surface area contributed by atoms with Gasteiger partial charge in [-0.1, -0.05) is 6.92 Å². The van der Waals surface area contributed by atoms with E-state index in [4.69, 9.17) is 5.73 Å². The van der Waals surface area contributed by atoms with Crippen LogP contribution in [0.3, 0.4) is 0 Å². The van der Waals surface area contributed by atoms with E-state index in [1.807, 2.05) is 0 Å². The highest BCUT2D eigenvalue weighted by Crippen LogP contribution is 2.35. The minimum absolute atomic E-state index is 0. The van der Waals surface area contributed by atoms with Crippen molar-refractivity contribution in [3.05, 3.63) is 0 Å². The summed E-state index contributed by atoms with van der Waals surface area (Å²) in [6.45, 7) is 2.80. The topological polar surface area (TPSA) is 26.0 Å². The average Bonchev–Trinajstić information content (AvgIpc) is 1.79. The van der Waals surface area contributed by atoms with Crippen LogP contribution in [-0.2, 0) is 0 Å². The van der Waals surface area contributed by atoms with Crippen molar-refractivity contribution in [2.75, 3.05) is 6.54 Å². The van der Waals surface area contributed by atoms with E-state index in [9.17, 15) is 4.39 Å². The van der Waals surface area contributed by atoms with Gasteiger partial charge in [-0.25, -0.2) is 4.39 Å². The molecular weight excluding hydrogens is 153 g/mol. The summed E-state index contributed by atoms with van der Waals surface area (Å²) < 4.78 is 12.2. The third-order valence-corrected chi connectivity index (χ3v) is 2.29. The van der Waals surface area contributed by atoms with E-state index in [1.165, 1.54) is 0 Å². The minimum Gasteiger partial charge on any atom is -0.330 e. The lowest BCUT2D eigenvalue weighted by Crippen LogP contribution is -2.33. The molecule has 0 saturated heterocycles. The summed E-state index contributed by atoms with van der Waals surface area (Å²) in [5.74, 6) is 1.10. The lowest BCUT2D eigenvalue weighted by molar-refractivity contribution is 0.0929. The van der Waals surface area contributed by atoms with Crippen LogP contribution in [0.25, 0.3) is 0 Å². The lowest BCUT2D eigenvalue weighted by atomic mass is 9.75. The van der Waals surface area contributed by atoms with E-state index in [1.54, 1.807) is 0 Å². The van der Waals surface area contributed by atoms with Gasteiger partial charge in [-0.2, -0.15) is 0 Å². The molecule has 1 atom stereocenters. The molecule has 0 bridgehead atoms. The van der Waals surface area contributed by atoms with Gasteiger partial charge in [0.15, 0.2) is 0 Å². The van der Waals surface area contributed by atoms with Crippen LogP contribution in [0.15, 0.2) is 0 Å². The van der Waals surface area contributed by atoms with Crippen molar-refractivity contribution in [1.29, 1.82) is 0 Å². The number of hydrogen-bond acceptors (Lipinski definition) is 1. The van der Waals surface area contributed by atoms with Gasteiger partial charge in [0.1, 0.15) is 6.17 Å². The molecule has 3 heteroatoms. The third kappa shape index (κ3) is 2.10. The van der Waals surface area contributed by atoms with Gasteiger partial charge in [-0.05, 0) is 31.2 Å². The quantitative estimate of drug-likeness (QED) is 0.667. The third-order valence-electron chi connectivity index (χ3n) is 2.29. The first kappa shape index (κ1) is 10.2. The van der Waals surface area contributed by atoms with Gasteiger partial charge in [0, 0.05) is 0 Å². The number of alkyl halides is 1. The fourth-order valence-corrected chi connectivity index (χ4v) is 1.25. The largest absolute Gasteiger partial charge is 0.330 e. The predicted octanol–water partition coefficient (Wildman–Crippen LogP) is 1.75. The fraction of sp³-hybridized carbons (Fsp3) is 1.00. The number of nitrogens with two attached hydrogens (primary N) is 1. The molecule has 0 amide bonds. The molecule has 2 N–H and O–H groups in total. The Morgan fingerprint density at radius 3 is 2.40 bits per heavy atom. The molecule has 0 spiro atoms. The van der Waals surface area contributed by atoms with Crippen LogP contribution < -0.4 is 5.73 Å². The minimum atomic E-state index is -0.524. The van der Waals surface area contributed by atoms with Gasteiger partial charge in [0.05, 0.1) is 0 Å². The van der Waals surface area contributed by atoms with Crippen molar-refractivity contribution in [2.24, 2.45) is 17.6 Å². The standard InChI is InChI=1S/C7H14FN.ClH/c1-5(4-9)6-2-7(8)3-6;/h5-7H,2-4,9H2,1H3;1H. The van der Waals surface area contributed by atoms with Crippen LogP contribution in [0, 0.1) is 11.8 Å². The van der Waals surface area contributed by atoms with Crippen LogP contribution >= 0.6 is 12.4 Å². The monoisotopic (exact) mass is 167 g/mol. The van der Waals surface area contributed by atoms with Gasteiger partial charge in [0.2, 0.25) is 0 Å². The molecular formula is C7H15ClFN. The Morgan fingerprint density at radius 2 is 2.10 bits per heavy atom. The molecule has 10 heavy (non-hydrogen) atoms. The van der Waals surface area contributed by atoms with Gasteiger partial charge >= 0.3 is 0 Å². The highest BCUT2D eigenvalue weighted by Gasteiger charge is 2.31. The Labute approximate surface area is 67.6 Å². The SMILES string of the molecule is CC(CN)C1CC(F)C1.Cl. The zero-order valence-electron chi connectivity index (χ0n) is 6.22. The molecule has 1 nitrogen and oxygen atoms in total. The van der Waals surface area contributed by atoms with Crippen LogP contribution in [-0.4, -0.2) is 12.7 Å². The molecule has 0 aromatic heterocycles. The second-order valence-electron chi connectivity index (χ2n) is 3.04. The summed E-state index contributed by atoms with van der Waals surface area (Å²) in [7, 11) is 0. The Bertz CT molecular complexity index is 93.6. The molecule has 0 aromatic rings. The molecule has 0 radical (unpaired) electrons. The Balaban J connectivity index is 0.000000810. The van der Waals surface area contributed by atoms with Gasteiger partial charge < -0.3 is 5.73 Å². The molecule has 1 unspecified atom stereocenters. The zero-order valence-corrected chi connectivity index (χ0v) is 7.03. The number of rotatable bonds is 2. The molecule has 1 fully saturated rings. The first-order chi connectivity index (χ1) is 4.24. The summed E-state index contributed by atoms with van der Waals surface area (Å²) in [6, 6.07) is 0. The molecule has 1 rings (SSSR count). The highest BCUT2D eigenvalue weighted by molar-refractivity contribution is 5.85. The summed E-state index contributed by atoms with van der Waals surface area (Å²) in [5.41, 5.74) is 5.41. The van der Waals surface area contributed by atoms with E-state index in [0.717, 1.165) is 12.8 Å². The lowest BCUT2D eigenvalue weighted by Gasteiger charge is -2.33. The van der Waals surface area contributed by atoms with Crippen LogP contribution in [0.2, 0.25) is 0 Å². The first-order valence-electron chi connectivity index (χ1n) is 3.58. The van der Waals surface area contributed by atoms with E-state index < -0.39 is 6.17 Å². The predicted molar refractivity (Wildman–Crippen MR) is 43.1 cm³/mol. The summed E-state index contributed by atoms with van der Waals surface area (Å²) >= 11 is 0. The van der Waals surface area contributed by atoms with E-state index in [-0.39, 0.29) is 12.4 Å². The van der Waals surface area contributed by atoms with E-state index in [2.05, 4.69) is 6.92 Å². The van der Waals surface area contributed by atoms with Crippen molar-refractivity contribution in [3.8, 4) is 0 Å². The van der Waals surface area contributed by atoms with Crippen molar-refractivity contribution >= 4 is 12.4 Å². The van der Waals surface area contributed by atoms with Crippen LogP contribution in [0.1, 0.15) is 19.8 Å². The Morgan fingerprint density at radius 1 is 1.60 bits per heavy atom. The summed E-state index contributed by atoms with van der Waals surface area (Å²) in [4.78, 5) is 0. The maximum atomic E-state index is 12.2. The van der Waals surface area contributed by atoms with E-state index >= 15 is 0 Å². The maximum absolute atomic E-state index is 12.2. The molecule has 1 saturated carbocycles. The molecule has 0 heterocycles. The summed E-state index contributed by atoms with van der Waals surface area (Å²) in [5, 5.41) is 0. The zero-order chi connectivity index (χ0) is 6.85. The normalized spacial score (nSPS) is 33.9. The van der Waals surface area contributed by atoms with Crippen molar-refractivity contribution in [1.82, 2.24) is 0 Å². The van der Waals surface area contributed by atoms with Gasteiger partial charge in [0.25, 0.3) is 0 Å². The highest BCUT2D eigenvalue weighted by atomic mass is 35.5. The molecule has 0 aliphatic heterocycles. The van der Waals surface area contributed by atoms with Crippen LogP contribution in [0.5, 0.6) is 0 Å². The van der Waals surface area contributed by atoms with Crippen molar-refractivity contribution in [2.45, 2.75) is 25.9 Å². The molecule has 0 aromatic carbocycles. The number of hydrogen-bond donors (Lipinski definition) is 1. The van der Waals surface area contributed by atoms with E-state index in [0.29, 0.717) is 18.4 Å². The fourth-order valence-electron chi connectivity index (χ4n) is 1.25. The van der Waals surface area contributed by atoms with Gasteiger partial charge in [-0.3, -0.25) is 0 Å². The molecule has 1 aliphatic rings. The second-order valence-corrected chi connectivity index (χ2v) is 3.04. The van der Waals surface area contributed by atoms with Crippen molar-refractivity contribution in [3.63, 3.8) is 0 Å². The Kier molecular flexibility index (Phi) is 4.22. The summed E-state index contributed by atoms with van der Waals surface area (Å²) in [6.07, 6.45) is 0.973. The Hall–Kier alpha value is 0.180. The first-order valence-corrected chi connectivity index (χ1v) is 3.58. The number of halogens is 2.